The number of pyridine rings is 2. The second kappa shape index (κ2) is 10.9. The number of halogens is 2. The van der Waals surface area contributed by atoms with Crippen LogP contribution in [0, 0.1) is 0 Å². The van der Waals surface area contributed by atoms with Crippen LogP contribution in [0.1, 0.15) is 0 Å². The molecule has 0 fully saturated rings. The minimum atomic E-state index is 0.711. The van der Waals surface area contributed by atoms with E-state index in [4.69, 9.17) is 19.4 Å². The maximum absolute atomic E-state index is 5.71. The summed E-state index contributed by atoms with van der Waals surface area (Å²) in [5, 5.41) is 2.15. The number of nitrogens with zero attached hydrogens (tertiary/aromatic N) is 2. The van der Waals surface area contributed by atoms with Crippen LogP contribution in [0.2, 0.25) is 0 Å². The molecule has 0 spiro atoms. The van der Waals surface area contributed by atoms with Crippen LogP contribution in [0.3, 0.4) is 0 Å². The molecule has 0 saturated heterocycles. The molecular weight excluding hydrogens is 650 g/mol. The Kier molecular flexibility index (Phi) is 7.44. The molecule has 0 unspecified atom stereocenters. The molecule has 0 saturated carbocycles. The topological polar surface area (TPSA) is 44.2 Å². The van der Waals surface area contributed by atoms with E-state index in [0.717, 1.165) is 64.7 Å². The fraction of sp³-hybridized carbons (Fsp3) is 0.143. The summed E-state index contributed by atoms with van der Waals surface area (Å²) >= 11 is 4.62. The van der Waals surface area contributed by atoms with Gasteiger partial charge >= 0.3 is 0 Å². The molecule has 5 aromatic rings. The van der Waals surface area contributed by atoms with Crippen LogP contribution in [0.15, 0.2) is 84.9 Å². The zero-order valence-electron chi connectivity index (χ0n) is 18.4. The van der Waals surface area contributed by atoms with Crippen molar-refractivity contribution in [3.8, 4) is 34.0 Å². The van der Waals surface area contributed by atoms with E-state index in [1.54, 1.807) is 0 Å². The van der Waals surface area contributed by atoms with Crippen molar-refractivity contribution in [2.24, 2.45) is 0 Å². The first kappa shape index (κ1) is 23.3. The summed E-state index contributed by atoms with van der Waals surface area (Å²) in [5.41, 5.74) is 5.76. The summed E-state index contributed by atoms with van der Waals surface area (Å²) in [6, 6.07) is 28.8. The number of alkyl halides is 2. The minimum Gasteiger partial charge on any atom is -0.493 e. The quantitative estimate of drug-likeness (QED) is 0.0962. The van der Waals surface area contributed by atoms with Crippen LogP contribution >= 0.6 is 45.2 Å². The van der Waals surface area contributed by atoms with Gasteiger partial charge in [0.15, 0.2) is 0 Å². The van der Waals surface area contributed by atoms with E-state index >= 15 is 0 Å². The molecule has 0 aliphatic rings. The predicted molar refractivity (Wildman–Crippen MR) is 157 cm³/mol. The van der Waals surface area contributed by atoms with Gasteiger partial charge in [0.2, 0.25) is 0 Å². The van der Waals surface area contributed by atoms with E-state index in [1.807, 2.05) is 24.3 Å². The van der Waals surface area contributed by atoms with Gasteiger partial charge in [0.25, 0.3) is 0 Å². The first-order valence-corrected chi connectivity index (χ1v) is 14.1. The molecule has 3 aromatic carbocycles. The van der Waals surface area contributed by atoms with Gasteiger partial charge in [-0.05, 0) is 60.7 Å². The lowest BCUT2D eigenvalue weighted by Gasteiger charge is -2.09. The lowest BCUT2D eigenvalue weighted by Crippen LogP contribution is -1.97. The molecule has 0 aliphatic carbocycles. The smallest absolute Gasteiger partial charge is 0.119 e. The summed E-state index contributed by atoms with van der Waals surface area (Å²) in [6.07, 6.45) is 0. The van der Waals surface area contributed by atoms with Crippen molar-refractivity contribution in [1.82, 2.24) is 9.97 Å². The molecule has 6 heteroatoms. The number of ether oxygens (including phenoxy) is 2. The maximum atomic E-state index is 5.71. The van der Waals surface area contributed by atoms with E-state index in [9.17, 15) is 0 Å². The van der Waals surface area contributed by atoms with Gasteiger partial charge in [0.1, 0.15) is 11.5 Å². The number of rotatable bonds is 8. The van der Waals surface area contributed by atoms with Crippen LogP contribution in [0.4, 0.5) is 0 Å². The SMILES string of the molecule is ICCOc1ccc(-c2ccc3ccc4ccc(-c5ccc(OCCI)cc5)nc4c3n2)cc1. The normalized spacial score (nSPS) is 11.1. The van der Waals surface area contributed by atoms with Gasteiger partial charge in [0.05, 0.1) is 35.6 Å². The summed E-state index contributed by atoms with van der Waals surface area (Å²) < 4.78 is 13.3. The Morgan fingerprint density at radius 2 is 0.882 bits per heavy atom. The third kappa shape index (κ3) is 5.12. The molecule has 0 atom stereocenters. The van der Waals surface area contributed by atoms with E-state index < -0.39 is 0 Å². The van der Waals surface area contributed by atoms with E-state index in [0.29, 0.717) is 13.2 Å². The van der Waals surface area contributed by atoms with E-state index in [2.05, 4.69) is 106 Å². The minimum absolute atomic E-state index is 0.711. The molecule has 0 amide bonds. The van der Waals surface area contributed by atoms with Crippen LogP contribution in [-0.2, 0) is 0 Å². The van der Waals surface area contributed by atoms with Gasteiger partial charge in [-0.25, -0.2) is 9.97 Å². The van der Waals surface area contributed by atoms with Crippen molar-refractivity contribution in [3.05, 3.63) is 84.9 Å². The van der Waals surface area contributed by atoms with Crippen LogP contribution in [-0.4, -0.2) is 32.0 Å². The number of benzene rings is 3. The molecule has 0 radical (unpaired) electrons. The van der Waals surface area contributed by atoms with Gasteiger partial charge in [-0.1, -0.05) is 69.4 Å². The zero-order chi connectivity index (χ0) is 23.3. The highest BCUT2D eigenvalue weighted by Crippen LogP contribution is 2.29. The van der Waals surface area contributed by atoms with Crippen molar-refractivity contribution in [2.75, 3.05) is 22.1 Å². The molecule has 0 N–H and O–H groups in total. The second-order valence-corrected chi connectivity index (χ2v) is 9.88. The summed E-state index contributed by atoms with van der Waals surface area (Å²) in [7, 11) is 0. The van der Waals surface area contributed by atoms with Gasteiger partial charge < -0.3 is 9.47 Å². The highest BCUT2D eigenvalue weighted by atomic mass is 127. The van der Waals surface area contributed by atoms with Gasteiger partial charge in [-0.2, -0.15) is 0 Å². The van der Waals surface area contributed by atoms with Gasteiger partial charge in [-0.15, -0.1) is 0 Å². The molecule has 170 valence electrons. The molecule has 2 aromatic heterocycles. The van der Waals surface area contributed by atoms with Crippen LogP contribution in [0.25, 0.3) is 44.3 Å². The fourth-order valence-electron chi connectivity index (χ4n) is 3.85. The van der Waals surface area contributed by atoms with Crippen molar-refractivity contribution in [2.45, 2.75) is 0 Å². The molecule has 2 heterocycles. The maximum Gasteiger partial charge on any atom is 0.119 e. The van der Waals surface area contributed by atoms with Crippen molar-refractivity contribution in [3.63, 3.8) is 0 Å². The van der Waals surface area contributed by atoms with Crippen molar-refractivity contribution in [1.29, 1.82) is 0 Å². The van der Waals surface area contributed by atoms with Crippen molar-refractivity contribution >= 4 is 67.0 Å². The number of hydrogen-bond donors (Lipinski definition) is 0. The molecule has 0 bridgehead atoms. The van der Waals surface area contributed by atoms with Gasteiger partial charge in [-0.3, -0.25) is 0 Å². The number of hydrogen-bond acceptors (Lipinski definition) is 4. The molecular formula is C28H22I2N2O2. The molecule has 34 heavy (non-hydrogen) atoms. The Balaban J connectivity index is 1.52. The highest BCUT2D eigenvalue weighted by molar-refractivity contribution is 14.1. The molecule has 0 aliphatic heterocycles. The third-order valence-corrected chi connectivity index (χ3v) is 6.39. The highest BCUT2D eigenvalue weighted by Gasteiger charge is 2.09. The van der Waals surface area contributed by atoms with E-state index in [-0.39, 0.29) is 0 Å². The van der Waals surface area contributed by atoms with Gasteiger partial charge in [0, 0.05) is 30.8 Å². The van der Waals surface area contributed by atoms with Crippen molar-refractivity contribution < 1.29 is 9.47 Å². The Labute approximate surface area is 226 Å². The summed E-state index contributed by atoms with van der Waals surface area (Å²) in [4.78, 5) is 10.0. The Morgan fingerprint density at radius 3 is 1.26 bits per heavy atom. The molecule has 4 nitrogen and oxygen atoms in total. The fourth-order valence-corrected chi connectivity index (χ4v) is 4.29. The largest absolute Gasteiger partial charge is 0.493 e. The number of fused-ring (bicyclic) bond motifs is 3. The molecule has 5 rings (SSSR count). The Hall–Kier alpha value is -2.46. The second-order valence-electron chi connectivity index (χ2n) is 7.73. The van der Waals surface area contributed by atoms with Crippen LogP contribution < -0.4 is 9.47 Å². The Bertz CT molecular complexity index is 1310. The predicted octanol–water partition coefficient (Wildman–Crippen LogP) is 7.74. The standard InChI is InChI=1S/C28H22I2N2O2/c29-15-17-33-23-9-3-19(4-10-23)25-13-7-21-1-2-22-8-14-26(32-28(22)27(21)31-25)20-5-11-24(12-6-20)34-18-16-30/h1-14H,15-18H2. The third-order valence-electron chi connectivity index (χ3n) is 5.51. The summed E-state index contributed by atoms with van der Waals surface area (Å²) in [6.45, 7) is 1.42. The number of aromatic nitrogens is 2. The lowest BCUT2D eigenvalue weighted by molar-refractivity contribution is 0.346. The van der Waals surface area contributed by atoms with E-state index in [1.165, 1.54) is 0 Å². The first-order valence-electron chi connectivity index (χ1n) is 11.0. The van der Waals surface area contributed by atoms with Crippen LogP contribution in [0.5, 0.6) is 11.5 Å². The average molecular weight is 672 g/mol. The Morgan fingerprint density at radius 1 is 0.500 bits per heavy atom. The first-order chi connectivity index (χ1) is 16.7. The average Bonchev–Trinajstić information content (AvgIpc) is 2.90. The summed E-state index contributed by atoms with van der Waals surface area (Å²) in [5.74, 6) is 1.76. The monoisotopic (exact) mass is 672 g/mol. The zero-order valence-corrected chi connectivity index (χ0v) is 22.7. The lowest BCUT2D eigenvalue weighted by atomic mass is 10.1.